The van der Waals surface area contributed by atoms with E-state index < -0.39 is 0 Å². The maximum atomic E-state index is 12.9. The summed E-state index contributed by atoms with van der Waals surface area (Å²) in [6, 6.07) is 17.5. The van der Waals surface area contributed by atoms with Crippen LogP contribution in [-0.4, -0.2) is 56.7 Å². The Balaban J connectivity index is 1.32. The van der Waals surface area contributed by atoms with Gasteiger partial charge in [-0.05, 0) is 42.5 Å². The summed E-state index contributed by atoms with van der Waals surface area (Å²) in [5, 5.41) is 5.38. The molecule has 0 spiro atoms. The number of nitrogens with zero attached hydrogens (tertiary/aromatic N) is 6. The number of halogens is 1. The molecule has 0 unspecified atom stereocenters. The topological polar surface area (TPSA) is 67.2 Å². The summed E-state index contributed by atoms with van der Waals surface area (Å²) < 4.78 is 1.82. The van der Waals surface area contributed by atoms with Crippen molar-refractivity contribution < 1.29 is 4.79 Å². The Kier molecular flexibility index (Phi) is 6.35. The molecule has 1 amide bonds. The molecule has 0 aliphatic carbocycles. The highest BCUT2D eigenvalue weighted by molar-refractivity contribution is 6.30. The molecular weight excluding hydrogens is 448 g/mol. The molecule has 34 heavy (non-hydrogen) atoms. The molecule has 170 valence electrons. The number of benzene rings is 1. The van der Waals surface area contributed by atoms with Gasteiger partial charge < -0.3 is 9.80 Å². The van der Waals surface area contributed by atoms with Crippen molar-refractivity contribution in [1.82, 2.24) is 24.6 Å². The van der Waals surface area contributed by atoms with Crippen LogP contribution in [0.4, 0.5) is 5.82 Å². The summed E-state index contributed by atoms with van der Waals surface area (Å²) in [5.74, 6) is 0.856. The first-order valence-electron chi connectivity index (χ1n) is 11.1. The third-order valence-corrected chi connectivity index (χ3v) is 5.95. The molecule has 1 saturated heterocycles. The fourth-order valence-corrected chi connectivity index (χ4v) is 4.04. The molecule has 4 heterocycles. The summed E-state index contributed by atoms with van der Waals surface area (Å²) >= 11 is 5.94. The maximum absolute atomic E-state index is 12.9. The van der Waals surface area contributed by atoms with E-state index in [1.807, 2.05) is 76.5 Å². The van der Waals surface area contributed by atoms with E-state index in [1.54, 1.807) is 24.7 Å². The third-order valence-electron chi connectivity index (χ3n) is 5.73. The lowest BCUT2D eigenvalue weighted by Crippen LogP contribution is -2.48. The minimum absolute atomic E-state index is 0.0201. The van der Waals surface area contributed by atoms with Gasteiger partial charge in [0.1, 0.15) is 11.5 Å². The smallest absolute Gasteiger partial charge is 0.246 e. The van der Waals surface area contributed by atoms with Crippen molar-refractivity contribution in [3.8, 4) is 16.9 Å². The van der Waals surface area contributed by atoms with E-state index in [2.05, 4.69) is 14.9 Å². The van der Waals surface area contributed by atoms with Crippen molar-refractivity contribution in [3.63, 3.8) is 0 Å². The highest BCUT2D eigenvalue weighted by Crippen LogP contribution is 2.24. The lowest BCUT2D eigenvalue weighted by Gasteiger charge is -2.34. The zero-order valence-corrected chi connectivity index (χ0v) is 19.2. The van der Waals surface area contributed by atoms with Crippen molar-refractivity contribution in [3.05, 3.63) is 96.0 Å². The van der Waals surface area contributed by atoms with Crippen molar-refractivity contribution in [2.75, 3.05) is 31.1 Å². The van der Waals surface area contributed by atoms with Gasteiger partial charge in [0, 0.05) is 68.2 Å². The highest BCUT2D eigenvalue weighted by Gasteiger charge is 2.21. The maximum Gasteiger partial charge on any atom is 0.246 e. The third kappa shape index (κ3) is 4.84. The largest absolute Gasteiger partial charge is 0.353 e. The van der Waals surface area contributed by atoms with Crippen molar-refractivity contribution in [2.24, 2.45) is 0 Å². The van der Waals surface area contributed by atoms with Crippen LogP contribution >= 0.6 is 11.6 Å². The molecule has 0 radical (unpaired) electrons. The number of pyridine rings is 2. The van der Waals surface area contributed by atoms with Gasteiger partial charge in [-0.3, -0.25) is 9.78 Å². The zero-order chi connectivity index (χ0) is 23.3. The molecule has 0 atom stereocenters. The van der Waals surface area contributed by atoms with E-state index in [0.717, 1.165) is 41.4 Å². The van der Waals surface area contributed by atoms with Gasteiger partial charge in [-0.25, -0.2) is 9.67 Å². The molecule has 1 aliphatic rings. The van der Waals surface area contributed by atoms with E-state index in [9.17, 15) is 4.79 Å². The number of hydrogen-bond acceptors (Lipinski definition) is 5. The van der Waals surface area contributed by atoms with Gasteiger partial charge in [0.2, 0.25) is 5.91 Å². The summed E-state index contributed by atoms with van der Waals surface area (Å²) in [7, 11) is 0. The van der Waals surface area contributed by atoms with Crippen LogP contribution in [0, 0.1) is 0 Å². The standard InChI is InChI=1S/C26H23ClN6O/c27-22-9-10-24(29-18-22)31-13-15-32(16-14-31)25(34)11-8-21-19-33(23-6-2-1-3-7-23)30-26(21)20-5-4-12-28-17-20/h1-12,17-19H,13-16H2/b11-8+. The number of para-hydroxylation sites is 1. The van der Waals surface area contributed by atoms with Crippen molar-refractivity contribution >= 4 is 29.4 Å². The van der Waals surface area contributed by atoms with Crippen LogP contribution in [0.3, 0.4) is 0 Å². The number of rotatable bonds is 5. The second kappa shape index (κ2) is 9.89. The van der Waals surface area contributed by atoms with Crippen LogP contribution in [0.15, 0.2) is 85.5 Å². The van der Waals surface area contributed by atoms with E-state index in [0.29, 0.717) is 18.1 Å². The van der Waals surface area contributed by atoms with Gasteiger partial charge in [-0.15, -0.1) is 0 Å². The van der Waals surface area contributed by atoms with Gasteiger partial charge in [-0.1, -0.05) is 29.8 Å². The fraction of sp³-hybridized carbons (Fsp3) is 0.154. The van der Waals surface area contributed by atoms with E-state index in [-0.39, 0.29) is 5.91 Å². The lowest BCUT2D eigenvalue weighted by atomic mass is 10.1. The van der Waals surface area contributed by atoms with E-state index in [1.165, 1.54) is 0 Å². The predicted octanol–water partition coefficient (Wildman–Crippen LogP) is 4.34. The second-order valence-electron chi connectivity index (χ2n) is 7.94. The Hall–Kier alpha value is -3.97. The lowest BCUT2D eigenvalue weighted by molar-refractivity contribution is -0.126. The first kappa shape index (κ1) is 21.9. The van der Waals surface area contributed by atoms with Gasteiger partial charge in [0.05, 0.1) is 10.7 Å². The number of piperazine rings is 1. The summed E-state index contributed by atoms with van der Waals surface area (Å²) in [4.78, 5) is 25.5. The Morgan fingerprint density at radius 2 is 1.76 bits per heavy atom. The minimum Gasteiger partial charge on any atom is -0.353 e. The summed E-state index contributed by atoms with van der Waals surface area (Å²) in [5.41, 5.74) is 3.48. The zero-order valence-electron chi connectivity index (χ0n) is 18.5. The van der Waals surface area contributed by atoms with Gasteiger partial charge in [-0.2, -0.15) is 5.10 Å². The fourth-order valence-electron chi connectivity index (χ4n) is 3.93. The molecule has 0 bridgehead atoms. The van der Waals surface area contributed by atoms with Crippen LogP contribution in [0.25, 0.3) is 23.0 Å². The van der Waals surface area contributed by atoms with Gasteiger partial charge >= 0.3 is 0 Å². The number of carbonyl (C=O) groups is 1. The van der Waals surface area contributed by atoms with Gasteiger partial charge in [0.15, 0.2) is 0 Å². The van der Waals surface area contributed by atoms with Crippen LogP contribution in [0.1, 0.15) is 5.56 Å². The molecule has 7 nitrogen and oxygen atoms in total. The molecule has 0 saturated carbocycles. The highest BCUT2D eigenvalue weighted by atomic mass is 35.5. The molecule has 0 N–H and O–H groups in total. The Morgan fingerprint density at radius 1 is 0.941 bits per heavy atom. The Morgan fingerprint density at radius 3 is 2.47 bits per heavy atom. The van der Waals surface area contributed by atoms with Gasteiger partial charge in [0.25, 0.3) is 0 Å². The minimum atomic E-state index is -0.0201. The van der Waals surface area contributed by atoms with Crippen LogP contribution in [0.2, 0.25) is 5.02 Å². The molecule has 8 heteroatoms. The molecule has 5 rings (SSSR count). The quantitative estimate of drug-likeness (QED) is 0.406. The normalized spacial score (nSPS) is 14.0. The number of aromatic nitrogens is 4. The number of carbonyl (C=O) groups excluding carboxylic acids is 1. The Bertz CT molecular complexity index is 1280. The molecule has 4 aromatic rings. The first-order chi connectivity index (χ1) is 16.7. The molecule has 1 fully saturated rings. The number of anilines is 1. The summed E-state index contributed by atoms with van der Waals surface area (Å²) in [6.45, 7) is 2.71. The first-order valence-corrected chi connectivity index (χ1v) is 11.4. The molecule has 1 aliphatic heterocycles. The number of amides is 1. The average molecular weight is 471 g/mol. The molecule has 1 aromatic carbocycles. The van der Waals surface area contributed by atoms with Crippen LogP contribution in [0.5, 0.6) is 0 Å². The average Bonchev–Trinajstić information content (AvgIpc) is 3.33. The molecular formula is C26H23ClN6O. The van der Waals surface area contributed by atoms with E-state index >= 15 is 0 Å². The van der Waals surface area contributed by atoms with Crippen molar-refractivity contribution in [1.29, 1.82) is 0 Å². The summed E-state index contributed by atoms with van der Waals surface area (Å²) in [6.07, 6.45) is 10.6. The second-order valence-corrected chi connectivity index (χ2v) is 8.37. The number of hydrogen-bond donors (Lipinski definition) is 0. The van der Waals surface area contributed by atoms with Crippen LogP contribution < -0.4 is 4.90 Å². The van der Waals surface area contributed by atoms with Crippen molar-refractivity contribution in [2.45, 2.75) is 0 Å². The van der Waals surface area contributed by atoms with E-state index in [4.69, 9.17) is 16.7 Å². The Labute approximate surface area is 202 Å². The monoisotopic (exact) mass is 470 g/mol. The SMILES string of the molecule is O=C(/C=C/c1cn(-c2ccccc2)nc1-c1cccnc1)N1CCN(c2ccc(Cl)cn2)CC1. The predicted molar refractivity (Wildman–Crippen MR) is 134 cm³/mol. The van der Waals surface area contributed by atoms with Crippen LogP contribution in [-0.2, 0) is 4.79 Å². The molecule has 3 aromatic heterocycles.